The summed E-state index contributed by atoms with van der Waals surface area (Å²) in [6.07, 6.45) is 4.26. The maximum atomic E-state index is 13.0. The zero-order valence-electron chi connectivity index (χ0n) is 38.5. The molecule has 4 aromatic rings. The van der Waals surface area contributed by atoms with Gasteiger partial charge >= 0.3 is 18.2 Å². The molecule has 2 aliphatic heterocycles. The van der Waals surface area contributed by atoms with E-state index in [1.165, 1.54) is 10.9 Å². The summed E-state index contributed by atoms with van der Waals surface area (Å²) in [6.45, 7) is 25.1. The predicted molar refractivity (Wildman–Crippen MR) is 246 cm³/mol. The van der Waals surface area contributed by atoms with Crippen LogP contribution in [0.4, 0.5) is 9.59 Å². The lowest BCUT2D eigenvalue weighted by atomic mass is 9.88. The Balaban J connectivity index is 0.000000232. The summed E-state index contributed by atoms with van der Waals surface area (Å²) in [5.74, 6) is -1.10. The van der Waals surface area contributed by atoms with Crippen molar-refractivity contribution in [2.75, 3.05) is 13.1 Å². The third kappa shape index (κ3) is 15.2. The van der Waals surface area contributed by atoms with Gasteiger partial charge < -0.3 is 30.1 Å². The van der Waals surface area contributed by atoms with Crippen LogP contribution in [0.5, 0.6) is 0 Å². The molecule has 63 heavy (non-hydrogen) atoms. The number of hydrogen-bond donors (Lipinski definition) is 2. The van der Waals surface area contributed by atoms with Gasteiger partial charge in [-0.25, -0.2) is 23.7 Å². The molecule has 18 heteroatoms. The second kappa shape index (κ2) is 20.4. The van der Waals surface area contributed by atoms with E-state index >= 15 is 0 Å². The molecule has 0 fully saturated rings. The Labute approximate surface area is 387 Å². The molecule has 4 heterocycles. The molecule has 6 rings (SSSR count). The molecule has 16 nitrogen and oxygen atoms in total. The van der Waals surface area contributed by atoms with Crippen LogP contribution in [0, 0.1) is 0 Å². The standard InChI is InChI=1S/C23H31BrN4O3.C15H21BrN2O2.C7H11N3O2/c1-22(2,3)28-14-19(25-26-28)20(29)12-15-9-10-27(21(30)31-23(4,5)6)13-16-11-17(24)7-8-18(15)16;1-15(2,3)20-14(19)18-7-6-13(17)12-5-4-11(16)8-10(12)9-18;1-7(2,3)10-4-5(6(11)12)8-9-10/h7-8,11,14-15H,9-10,12-13H2,1-6H3;4-5,8,13H,6-7,9,17H2,1-3H3;4H,1-3H3,(H,11,12). The van der Waals surface area contributed by atoms with Crippen LogP contribution < -0.4 is 5.73 Å². The van der Waals surface area contributed by atoms with Gasteiger partial charge in [-0.05, 0) is 148 Å². The van der Waals surface area contributed by atoms with Gasteiger partial charge in [0.25, 0.3) is 0 Å². The van der Waals surface area contributed by atoms with Crippen LogP contribution >= 0.6 is 31.9 Å². The number of rotatable bonds is 4. The summed E-state index contributed by atoms with van der Waals surface area (Å²) in [6, 6.07) is 12.1. The maximum Gasteiger partial charge on any atom is 0.410 e. The largest absolute Gasteiger partial charge is 0.476 e. The van der Waals surface area contributed by atoms with Crippen LogP contribution in [0.15, 0.2) is 57.7 Å². The number of carbonyl (C=O) groups is 4. The van der Waals surface area contributed by atoms with E-state index in [2.05, 4.69) is 52.5 Å². The van der Waals surface area contributed by atoms with Crippen LogP contribution in [0.1, 0.15) is 158 Å². The van der Waals surface area contributed by atoms with E-state index in [0.717, 1.165) is 37.6 Å². The molecular weight excluding hydrogens is 938 g/mol. The highest BCUT2D eigenvalue weighted by atomic mass is 79.9. The molecule has 3 N–H and O–H groups in total. The van der Waals surface area contributed by atoms with Gasteiger partial charge in [0.05, 0.1) is 23.5 Å². The first-order valence-electron chi connectivity index (χ1n) is 20.9. The molecule has 344 valence electrons. The zero-order chi connectivity index (χ0) is 47.2. The van der Waals surface area contributed by atoms with Gasteiger partial charge in [-0.15, -0.1) is 10.2 Å². The van der Waals surface area contributed by atoms with Gasteiger partial charge in [0.1, 0.15) is 16.9 Å². The summed E-state index contributed by atoms with van der Waals surface area (Å²) in [5.41, 5.74) is 9.35. The fourth-order valence-corrected chi connectivity index (χ4v) is 7.40. The molecule has 2 amide bonds. The highest BCUT2D eigenvalue weighted by Crippen LogP contribution is 2.35. The highest BCUT2D eigenvalue weighted by molar-refractivity contribution is 9.10. The third-order valence-corrected chi connectivity index (χ3v) is 10.8. The number of fused-ring (bicyclic) bond motifs is 2. The second-order valence-electron chi connectivity index (χ2n) is 19.7. The molecule has 0 saturated heterocycles. The first-order chi connectivity index (χ1) is 29.0. The lowest BCUT2D eigenvalue weighted by Crippen LogP contribution is -2.36. The fraction of sp³-hybridized carbons (Fsp3) is 0.556. The first-order valence-corrected chi connectivity index (χ1v) is 22.5. The number of ketones is 1. The fourth-order valence-electron chi connectivity index (χ4n) is 6.58. The molecule has 2 aliphatic rings. The lowest BCUT2D eigenvalue weighted by molar-refractivity contribution is 0.0224. The van der Waals surface area contributed by atoms with Crippen molar-refractivity contribution in [3.05, 3.63) is 91.4 Å². The smallest absolute Gasteiger partial charge is 0.410 e. The van der Waals surface area contributed by atoms with Gasteiger partial charge in [0, 0.05) is 47.6 Å². The monoisotopic (exact) mass is 999 g/mol. The van der Waals surface area contributed by atoms with Crippen molar-refractivity contribution >= 4 is 55.8 Å². The third-order valence-electron chi connectivity index (χ3n) is 9.83. The minimum absolute atomic E-state index is 0.0113. The van der Waals surface area contributed by atoms with E-state index in [9.17, 15) is 19.2 Å². The second-order valence-corrected chi connectivity index (χ2v) is 21.6. The molecule has 2 unspecified atom stereocenters. The Morgan fingerprint density at radius 1 is 0.683 bits per heavy atom. The van der Waals surface area contributed by atoms with Crippen LogP contribution in [-0.2, 0) is 33.6 Å². The molecule has 2 aromatic heterocycles. The molecular formula is C45H63Br2N9O7. The number of nitrogens with zero attached hydrogens (tertiary/aromatic N) is 8. The van der Waals surface area contributed by atoms with Crippen molar-refractivity contribution in [3.63, 3.8) is 0 Å². The Morgan fingerprint density at radius 3 is 1.54 bits per heavy atom. The van der Waals surface area contributed by atoms with E-state index in [4.69, 9.17) is 20.3 Å². The van der Waals surface area contributed by atoms with Crippen LogP contribution in [-0.4, -0.2) is 93.1 Å². The minimum Gasteiger partial charge on any atom is -0.476 e. The molecule has 0 aliphatic carbocycles. The van der Waals surface area contributed by atoms with Crippen molar-refractivity contribution in [1.82, 2.24) is 39.8 Å². The quantitative estimate of drug-likeness (QED) is 0.184. The van der Waals surface area contributed by atoms with E-state index < -0.39 is 17.2 Å². The number of hydrogen-bond acceptors (Lipinski definition) is 11. The van der Waals surface area contributed by atoms with Gasteiger partial charge in [-0.2, -0.15) is 0 Å². The number of aromatic carboxylic acids is 1. The van der Waals surface area contributed by atoms with Crippen molar-refractivity contribution in [2.45, 2.75) is 150 Å². The Hall–Kier alpha value is -4.68. The Morgan fingerprint density at radius 2 is 1.11 bits per heavy atom. The minimum atomic E-state index is -1.05. The Kier molecular flexibility index (Phi) is 16.5. The Bertz CT molecular complexity index is 2250. The van der Waals surface area contributed by atoms with E-state index in [0.29, 0.717) is 44.7 Å². The number of halogens is 2. The summed E-state index contributed by atoms with van der Waals surface area (Å²) in [4.78, 5) is 51.8. The van der Waals surface area contributed by atoms with Gasteiger partial charge in [0.15, 0.2) is 11.5 Å². The first kappa shape index (κ1) is 51.0. The highest BCUT2D eigenvalue weighted by Gasteiger charge is 2.31. The van der Waals surface area contributed by atoms with E-state index in [1.807, 2.05) is 119 Å². The lowest BCUT2D eigenvalue weighted by Gasteiger charge is -2.26. The molecule has 0 radical (unpaired) electrons. The van der Waals surface area contributed by atoms with Crippen molar-refractivity contribution in [3.8, 4) is 0 Å². The predicted octanol–water partition coefficient (Wildman–Crippen LogP) is 9.61. The van der Waals surface area contributed by atoms with Crippen LogP contribution in [0.2, 0.25) is 0 Å². The number of nitrogens with two attached hydrogens (primary N) is 1. The number of carboxylic acids is 1. The number of Topliss-reactive ketones (excluding diaryl/α,β-unsaturated/α-hetero) is 1. The number of carboxylic acid groups (broad SMARTS) is 1. The van der Waals surface area contributed by atoms with Gasteiger partial charge in [-0.1, -0.05) is 54.4 Å². The molecule has 0 bridgehead atoms. The van der Waals surface area contributed by atoms with Crippen LogP contribution in [0.25, 0.3) is 0 Å². The van der Waals surface area contributed by atoms with Crippen molar-refractivity contribution < 1.29 is 33.8 Å². The van der Waals surface area contributed by atoms with Crippen molar-refractivity contribution in [2.24, 2.45) is 5.73 Å². The number of amides is 2. The van der Waals surface area contributed by atoms with Crippen LogP contribution in [0.3, 0.4) is 0 Å². The average molecular weight is 1000 g/mol. The van der Waals surface area contributed by atoms with Gasteiger partial charge in [0.2, 0.25) is 0 Å². The SMILES string of the molecule is CC(C)(C)OC(=O)N1CCC(CC(=O)c2cn(C(C)(C)C)nn2)c2ccc(Br)cc2C1.CC(C)(C)OC(=O)N1CCC(N)c2ccc(Br)cc2C1.CC(C)(C)n1cc(C(=O)O)nn1. The summed E-state index contributed by atoms with van der Waals surface area (Å²) >= 11 is 6.99. The maximum absolute atomic E-state index is 13.0. The number of benzene rings is 2. The molecule has 0 saturated carbocycles. The number of carbonyl (C=O) groups excluding carboxylic acids is 3. The molecule has 2 atom stereocenters. The molecule has 0 spiro atoms. The zero-order valence-corrected chi connectivity index (χ0v) is 41.7. The topological polar surface area (TPSA) is 201 Å². The number of aromatic nitrogens is 6. The average Bonchev–Trinajstić information content (AvgIpc) is 3.79. The van der Waals surface area contributed by atoms with E-state index in [-0.39, 0.29) is 46.7 Å². The van der Waals surface area contributed by atoms with Crippen molar-refractivity contribution in [1.29, 1.82) is 0 Å². The number of ether oxygens (including phenoxy) is 2. The van der Waals surface area contributed by atoms with Gasteiger partial charge in [-0.3, -0.25) is 4.79 Å². The summed E-state index contributed by atoms with van der Waals surface area (Å²) in [5, 5.41) is 24.0. The summed E-state index contributed by atoms with van der Waals surface area (Å²) in [7, 11) is 0. The van der Waals surface area contributed by atoms with E-state index in [1.54, 1.807) is 20.7 Å². The summed E-state index contributed by atoms with van der Waals surface area (Å²) < 4.78 is 16.2. The molecule has 2 aromatic carbocycles. The normalized spacial score (nSPS) is 16.7.